The molecule has 0 bridgehead atoms. The topological polar surface area (TPSA) is 50.9 Å². The molecule has 0 fully saturated rings. The maximum Gasteiger partial charge on any atom is 0.170 e. The van der Waals surface area contributed by atoms with E-state index in [1.165, 1.54) is 0 Å². The van der Waals surface area contributed by atoms with Crippen LogP contribution in [0, 0.1) is 6.92 Å². The quantitative estimate of drug-likeness (QED) is 0.806. The normalized spacial score (nSPS) is 10.8. The van der Waals surface area contributed by atoms with E-state index in [9.17, 15) is 5.11 Å². The van der Waals surface area contributed by atoms with Gasteiger partial charge in [0.2, 0.25) is 0 Å². The summed E-state index contributed by atoms with van der Waals surface area (Å²) in [6.45, 7) is 1.76. The zero-order valence-electron chi connectivity index (χ0n) is 11.5. The molecule has 0 saturated carbocycles. The SMILES string of the molecule is Cc1cccc(-c2nnc(CO)n2-c2ccccc2)c1Cl. The molecule has 0 aliphatic rings. The van der Waals surface area contributed by atoms with Gasteiger partial charge in [0.25, 0.3) is 0 Å². The summed E-state index contributed by atoms with van der Waals surface area (Å²) in [5.41, 5.74) is 2.66. The van der Waals surface area contributed by atoms with E-state index in [4.69, 9.17) is 11.6 Å². The van der Waals surface area contributed by atoms with E-state index in [-0.39, 0.29) is 6.61 Å². The first-order valence-corrected chi connectivity index (χ1v) is 6.96. The van der Waals surface area contributed by atoms with Crippen molar-refractivity contribution in [3.8, 4) is 17.1 Å². The van der Waals surface area contributed by atoms with Crippen molar-refractivity contribution in [2.45, 2.75) is 13.5 Å². The van der Waals surface area contributed by atoms with Crippen molar-refractivity contribution in [2.75, 3.05) is 0 Å². The Labute approximate surface area is 127 Å². The van der Waals surface area contributed by atoms with Crippen LogP contribution in [0.3, 0.4) is 0 Å². The van der Waals surface area contributed by atoms with Crippen molar-refractivity contribution in [1.82, 2.24) is 14.8 Å². The number of hydrogen-bond donors (Lipinski definition) is 1. The lowest BCUT2D eigenvalue weighted by Crippen LogP contribution is -2.03. The predicted octanol–water partition coefficient (Wildman–Crippen LogP) is 3.39. The molecule has 106 valence electrons. The Morgan fingerprint density at radius 1 is 1.05 bits per heavy atom. The average molecular weight is 300 g/mol. The van der Waals surface area contributed by atoms with E-state index in [0.29, 0.717) is 16.7 Å². The molecule has 0 spiro atoms. The lowest BCUT2D eigenvalue weighted by atomic mass is 10.1. The minimum absolute atomic E-state index is 0.189. The maximum absolute atomic E-state index is 9.51. The van der Waals surface area contributed by atoms with Gasteiger partial charge in [-0.1, -0.05) is 41.9 Å². The van der Waals surface area contributed by atoms with Gasteiger partial charge in [-0.25, -0.2) is 0 Å². The van der Waals surface area contributed by atoms with Crippen LogP contribution in [0.4, 0.5) is 0 Å². The smallest absolute Gasteiger partial charge is 0.170 e. The van der Waals surface area contributed by atoms with E-state index < -0.39 is 0 Å². The van der Waals surface area contributed by atoms with E-state index in [2.05, 4.69) is 10.2 Å². The van der Waals surface area contributed by atoms with Crippen LogP contribution in [-0.2, 0) is 6.61 Å². The summed E-state index contributed by atoms with van der Waals surface area (Å²) in [5.74, 6) is 1.10. The van der Waals surface area contributed by atoms with E-state index in [0.717, 1.165) is 16.8 Å². The number of aromatic nitrogens is 3. The van der Waals surface area contributed by atoms with Crippen LogP contribution in [0.15, 0.2) is 48.5 Å². The molecule has 21 heavy (non-hydrogen) atoms. The summed E-state index contributed by atoms with van der Waals surface area (Å²) < 4.78 is 1.82. The zero-order valence-corrected chi connectivity index (χ0v) is 12.2. The second kappa shape index (κ2) is 5.68. The molecular formula is C16H14ClN3O. The third kappa shape index (κ3) is 2.44. The molecule has 1 N–H and O–H groups in total. The Balaban J connectivity index is 2.25. The lowest BCUT2D eigenvalue weighted by molar-refractivity contribution is 0.269. The van der Waals surface area contributed by atoms with Gasteiger partial charge in [-0.3, -0.25) is 4.57 Å². The molecule has 2 aromatic carbocycles. The second-order valence-electron chi connectivity index (χ2n) is 4.71. The van der Waals surface area contributed by atoms with Crippen LogP contribution in [0.2, 0.25) is 5.02 Å². The van der Waals surface area contributed by atoms with Crippen molar-refractivity contribution in [2.24, 2.45) is 0 Å². The van der Waals surface area contributed by atoms with Gasteiger partial charge in [0, 0.05) is 11.3 Å². The molecule has 1 aromatic heterocycles. The fourth-order valence-electron chi connectivity index (χ4n) is 2.26. The number of aliphatic hydroxyl groups is 1. The summed E-state index contributed by atoms with van der Waals surface area (Å²) in [6, 6.07) is 15.5. The highest BCUT2D eigenvalue weighted by Crippen LogP contribution is 2.31. The molecule has 0 aliphatic carbocycles. The number of rotatable bonds is 3. The molecule has 0 aliphatic heterocycles. The molecule has 0 radical (unpaired) electrons. The largest absolute Gasteiger partial charge is 0.388 e. The summed E-state index contributed by atoms with van der Waals surface area (Å²) in [4.78, 5) is 0. The Morgan fingerprint density at radius 3 is 2.52 bits per heavy atom. The molecule has 5 heteroatoms. The molecule has 3 rings (SSSR count). The van der Waals surface area contributed by atoms with E-state index >= 15 is 0 Å². The highest BCUT2D eigenvalue weighted by Gasteiger charge is 2.17. The molecule has 1 heterocycles. The van der Waals surface area contributed by atoms with Crippen molar-refractivity contribution >= 4 is 11.6 Å². The third-order valence-corrected chi connectivity index (χ3v) is 3.82. The number of para-hydroxylation sites is 1. The third-order valence-electron chi connectivity index (χ3n) is 3.32. The van der Waals surface area contributed by atoms with Gasteiger partial charge in [-0.15, -0.1) is 10.2 Å². The van der Waals surface area contributed by atoms with Crippen LogP contribution in [0.25, 0.3) is 17.1 Å². The molecule has 0 saturated heterocycles. The molecule has 3 aromatic rings. The van der Waals surface area contributed by atoms with Crippen LogP contribution in [0.1, 0.15) is 11.4 Å². The number of halogens is 1. The standard InChI is InChI=1S/C16H14ClN3O/c1-11-6-5-9-13(15(11)17)16-19-18-14(10-21)20(16)12-7-3-2-4-8-12/h2-9,21H,10H2,1H3. The fourth-order valence-corrected chi connectivity index (χ4v) is 2.47. The van der Waals surface area contributed by atoms with E-state index in [1.807, 2.05) is 60.0 Å². The lowest BCUT2D eigenvalue weighted by Gasteiger charge is -2.11. The molecular weight excluding hydrogens is 286 g/mol. The van der Waals surface area contributed by atoms with Crippen LogP contribution in [0.5, 0.6) is 0 Å². The number of aryl methyl sites for hydroxylation is 1. The van der Waals surface area contributed by atoms with Crippen LogP contribution in [-0.4, -0.2) is 19.9 Å². The summed E-state index contributed by atoms with van der Waals surface area (Å²) in [7, 11) is 0. The van der Waals surface area contributed by atoms with Gasteiger partial charge in [0.15, 0.2) is 11.6 Å². The first kappa shape index (κ1) is 13.8. The van der Waals surface area contributed by atoms with Gasteiger partial charge in [0.1, 0.15) is 6.61 Å². The van der Waals surface area contributed by atoms with Gasteiger partial charge in [-0.2, -0.15) is 0 Å². The minimum Gasteiger partial charge on any atom is -0.388 e. The molecule has 0 amide bonds. The summed E-state index contributed by atoms with van der Waals surface area (Å²) in [6.07, 6.45) is 0. The minimum atomic E-state index is -0.189. The van der Waals surface area contributed by atoms with Crippen molar-refractivity contribution in [1.29, 1.82) is 0 Å². The number of nitrogens with zero attached hydrogens (tertiary/aromatic N) is 3. The van der Waals surface area contributed by atoms with Gasteiger partial charge in [-0.05, 0) is 30.7 Å². The van der Waals surface area contributed by atoms with Gasteiger partial charge in [0.05, 0.1) is 5.02 Å². The van der Waals surface area contributed by atoms with Gasteiger partial charge < -0.3 is 5.11 Å². The Kier molecular flexibility index (Phi) is 3.73. The van der Waals surface area contributed by atoms with Crippen molar-refractivity contribution < 1.29 is 5.11 Å². The second-order valence-corrected chi connectivity index (χ2v) is 5.08. The first-order valence-electron chi connectivity index (χ1n) is 6.58. The summed E-state index contributed by atoms with van der Waals surface area (Å²) in [5, 5.41) is 18.4. The molecule has 4 nitrogen and oxygen atoms in total. The highest BCUT2D eigenvalue weighted by molar-refractivity contribution is 6.33. The average Bonchev–Trinajstić information content (AvgIpc) is 2.94. The van der Waals surface area contributed by atoms with Crippen LogP contribution < -0.4 is 0 Å². The van der Waals surface area contributed by atoms with Crippen LogP contribution >= 0.6 is 11.6 Å². The van der Waals surface area contributed by atoms with Crippen molar-refractivity contribution in [3.63, 3.8) is 0 Å². The number of aliphatic hydroxyl groups excluding tert-OH is 1. The molecule has 0 atom stereocenters. The summed E-state index contributed by atoms with van der Waals surface area (Å²) >= 11 is 6.40. The Morgan fingerprint density at radius 2 is 1.81 bits per heavy atom. The molecule has 0 unspecified atom stereocenters. The first-order chi connectivity index (χ1) is 10.2. The number of hydrogen-bond acceptors (Lipinski definition) is 3. The monoisotopic (exact) mass is 299 g/mol. The zero-order chi connectivity index (χ0) is 14.8. The highest BCUT2D eigenvalue weighted by atomic mass is 35.5. The maximum atomic E-state index is 9.51. The Hall–Kier alpha value is -2.17. The van der Waals surface area contributed by atoms with Gasteiger partial charge >= 0.3 is 0 Å². The predicted molar refractivity (Wildman–Crippen MR) is 82.5 cm³/mol. The van der Waals surface area contributed by atoms with Crippen molar-refractivity contribution in [3.05, 3.63) is 64.9 Å². The number of benzene rings is 2. The fraction of sp³-hybridized carbons (Fsp3) is 0.125. The Bertz CT molecular complexity index is 768. The van der Waals surface area contributed by atoms with E-state index in [1.54, 1.807) is 0 Å².